The molecule has 142 valence electrons. The Morgan fingerprint density at radius 1 is 1.11 bits per heavy atom. The Morgan fingerprint density at radius 2 is 1.93 bits per heavy atom. The van der Waals surface area contributed by atoms with Crippen LogP contribution in [0.25, 0.3) is 11.3 Å². The first-order chi connectivity index (χ1) is 13.6. The molecule has 6 heteroatoms. The van der Waals surface area contributed by atoms with Gasteiger partial charge in [0.1, 0.15) is 0 Å². The molecule has 1 fully saturated rings. The summed E-state index contributed by atoms with van der Waals surface area (Å²) in [6, 6.07) is 16.7. The molecule has 0 saturated carbocycles. The number of amides is 2. The molecule has 1 N–H and O–H groups in total. The number of benzene rings is 2. The summed E-state index contributed by atoms with van der Waals surface area (Å²) in [7, 11) is 0. The van der Waals surface area contributed by atoms with Crippen LogP contribution in [0.3, 0.4) is 0 Å². The molecule has 6 nitrogen and oxygen atoms in total. The number of carbonyl (C=O) groups excluding carboxylic acids is 2. The van der Waals surface area contributed by atoms with Gasteiger partial charge in [0.2, 0.25) is 5.91 Å². The van der Waals surface area contributed by atoms with E-state index in [1.165, 1.54) is 0 Å². The fourth-order valence-electron chi connectivity index (χ4n) is 3.41. The third kappa shape index (κ3) is 3.67. The van der Waals surface area contributed by atoms with Crippen LogP contribution in [0.1, 0.15) is 35.3 Å². The summed E-state index contributed by atoms with van der Waals surface area (Å²) in [6.07, 6.45) is 2.55. The maximum atomic E-state index is 12.5. The summed E-state index contributed by atoms with van der Waals surface area (Å²) in [5.74, 6) is 0.357. The monoisotopic (exact) mass is 375 g/mol. The quantitative estimate of drug-likeness (QED) is 0.732. The zero-order valence-corrected chi connectivity index (χ0v) is 15.6. The second-order valence-corrected chi connectivity index (χ2v) is 6.90. The normalized spacial score (nSPS) is 14.2. The first-order valence-electron chi connectivity index (χ1n) is 9.36. The molecule has 0 spiro atoms. The molecule has 2 amide bonds. The molecule has 0 unspecified atom stereocenters. The lowest BCUT2D eigenvalue weighted by Crippen LogP contribution is -2.35. The number of carbonyl (C=O) groups is 2. The Hall–Kier alpha value is -3.41. The van der Waals surface area contributed by atoms with Crippen LogP contribution in [0.2, 0.25) is 0 Å². The summed E-state index contributed by atoms with van der Waals surface area (Å²) in [4.78, 5) is 26.5. The Morgan fingerprint density at radius 3 is 2.68 bits per heavy atom. The summed E-state index contributed by atoms with van der Waals surface area (Å²) in [5, 5.41) is 6.71. The highest BCUT2D eigenvalue weighted by Crippen LogP contribution is 2.27. The molecule has 3 aromatic rings. The number of aryl methyl sites for hydroxylation is 1. The van der Waals surface area contributed by atoms with Gasteiger partial charge >= 0.3 is 0 Å². The third-order valence-electron chi connectivity index (χ3n) is 4.87. The molecule has 1 aliphatic rings. The second kappa shape index (κ2) is 7.68. The van der Waals surface area contributed by atoms with Gasteiger partial charge in [0.15, 0.2) is 11.5 Å². The van der Waals surface area contributed by atoms with Crippen LogP contribution >= 0.6 is 0 Å². The number of piperidine rings is 1. The van der Waals surface area contributed by atoms with Gasteiger partial charge in [-0.3, -0.25) is 9.59 Å². The van der Waals surface area contributed by atoms with E-state index in [1.807, 2.05) is 54.3 Å². The van der Waals surface area contributed by atoms with Gasteiger partial charge < -0.3 is 14.7 Å². The van der Waals surface area contributed by atoms with Crippen LogP contribution in [0.4, 0.5) is 11.4 Å². The van der Waals surface area contributed by atoms with E-state index in [-0.39, 0.29) is 17.5 Å². The Labute approximate surface area is 163 Å². The van der Waals surface area contributed by atoms with Gasteiger partial charge in [0.25, 0.3) is 5.91 Å². The molecule has 4 rings (SSSR count). The zero-order valence-electron chi connectivity index (χ0n) is 15.6. The molecule has 2 heterocycles. The topological polar surface area (TPSA) is 75.4 Å². The highest BCUT2D eigenvalue weighted by Gasteiger charge is 2.21. The largest absolute Gasteiger partial charge is 0.355 e. The molecule has 0 atom stereocenters. The van der Waals surface area contributed by atoms with Gasteiger partial charge in [-0.1, -0.05) is 35.5 Å². The van der Waals surface area contributed by atoms with Crippen LogP contribution in [0.5, 0.6) is 0 Å². The molecule has 0 radical (unpaired) electrons. The lowest BCUT2D eigenvalue weighted by Gasteiger charge is -2.28. The van der Waals surface area contributed by atoms with Crippen molar-refractivity contribution < 1.29 is 14.1 Å². The number of hydrogen-bond donors (Lipinski definition) is 1. The van der Waals surface area contributed by atoms with E-state index in [1.54, 1.807) is 12.1 Å². The summed E-state index contributed by atoms with van der Waals surface area (Å²) in [6.45, 7) is 2.68. The Balaban J connectivity index is 1.48. The highest BCUT2D eigenvalue weighted by atomic mass is 16.5. The number of hydrogen-bond acceptors (Lipinski definition) is 4. The van der Waals surface area contributed by atoms with E-state index in [4.69, 9.17) is 4.52 Å². The van der Waals surface area contributed by atoms with E-state index in [0.717, 1.165) is 36.2 Å². The average Bonchev–Trinajstić information content (AvgIpc) is 3.20. The molecule has 1 aliphatic heterocycles. The smallest absolute Gasteiger partial charge is 0.277 e. The van der Waals surface area contributed by atoms with Crippen molar-refractivity contribution in [3.63, 3.8) is 0 Å². The number of nitrogens with zero attached hydrogens (tertiary/aromatic N) is 2. The van der Waals surface area contributed by atoms with Crippen molar-refractivity contribution >= 4 is 23.2 Å². The van der Waals surface area contributed by atoms with Gasteiger partial charge in [-0.15, -0.1) is 0 Å². The summed E-state index contributed by atoms with van der Waals surface area (Å²) in [5.41, 5.74) is 3.57. The molecular formula is C22H21N3O3. The van der Waals surface area contributed by atoms with Crippen LogP contribution in [-0.2, 0) is 4.79 Å². The molecule has 0 aliphatic carbocycles. The molecule has 1 saturated heterocycles. The van der Waals surface area contributed by atoms with Crippen molar-refractivity contribution in [1.82, 2.24) is 5.16 Å². The predicted octanol–water partition coefficient (Wildman–Crippen LogP) is 4.42. The maximum absolute atomic E-state index is 12.5. The summed E-state index contributed by atoms with van der Waals surface area (Å²) >= 11 is 0. The standard InChI is InChI=1S/C22H21N3O3/c1-15-13-17(10-11-19(15)25-12-6-5-9-21(25)26)23-22(27)18-14-20(28-24-18)16-7-3-2-4-8-16/h2-4,7-8,10-11,13-14H,5-6,9,12H2,1H3,(H,23,27). The van der Waals surface area contributed by atoms with E-state index in [0.29, 0.717) is 17.9 Å². The van der Waals surface area contributed by atoms with Crippen molar-refractivity contribution in [2.75, 3.05) is 16.8 Å². The van der Waals surface area contributed by atoms with Crippen LogP contribution in [-0.4, -0.2) is 23.5 Å². The summed E-state index contributed by atoms with van der Waals surface area (Å²) < 4.78 is 5.29. The number of nitrogens with one attached hydrogen (secondary N) is 1. The van der Waals surface area contributed by atoms with Gasteiger partial charge in [-0.25, -0.2) is 0 Å². The molecule has 2 aromatic carbocycles. The molecular weight excluding hydrogens is 354 g/mol. The minimum Gasteiger partial charge on any atom is -0.355 e. The minimum atomic E-state index is -0.341. The predicted molar refractivity (Wildman–Crippen MR) is 107 cm³/mol. The SMILES string of the molecule is Cc1cc(NC(=O)c2cc(-c3ccccc3)on2)ccc1N1CCCCC1=O. The second-order valence-electron chi connectivity index (χ2n) is 6.90. The van der Waals surface area contributed by atoms with Crippen molar-refractivity contribution in [3.8, 4) is 11.3 Å². The van der Waals surface area contributed by atoms with Crippen molar-refractivity contribution in [1.29, 1.82) is 0 Å². The van der Waals surface area contributed by atoms with Crippen LogP contribution < -0.4 is 10.2 Å². The molecule has 1 aromatic heterocycles. The first-order valence-corrected chi connectivity index (χ1v) is 9.36. The lowest BCUT2D eigenvalue weighted by atomic mass is 10.1. The molecule has 28 heavy (non-hydrogen) atoms. The van der Waals surface area contributed by atoms with Gasteiger partial charge in [-0.2, -0.15) is 0 Å². The van der Waals surface area contributed by atoms with Gasteiger partial charge in [-0.05, 0) is 43.5 Å². The third-order valence-corrected chi connectivity index (χ3v) is 4.87. The Bertz CT molecular complexity index is 1010. The van der Waals surface area contributed by atoms with Crippen molar-refractivity contribution in [2.45, 2.75) is 26.2 Å². The van der Waals surface area contributed by atoms with Crippen molar-refractivity contribution in [2.24, 2.45) is 0 Å². The first kappa shape index (κ1) is 18.0. The molecule has 0 bridgehead atoms. The number of aromatic nitrogens is 1. The average molecular weight is 375 g/mol. The fraction of sp³-hybridized carbons (Fsp3) is 0.227. The minimum absolute atomic E-state index is 0.155. The van der Waals surface area contributed by atoms with Gasteiger partial charge in [0.05, 0.1) is 0 Å². The van der Waals surface area contributed by atoms with E-state index >= 15 is 0 Å². The zero-order chi connectivity index (χ0) is 19.5. The van der Waals surface area contributed by atoms with E-state index < -0.39 is 0 Å². The van der Waals surface area contributed by atoms with Gasteiger partial charge in [0, 0.05) is 36.0 Å². The lowest BCUT2D eigenvalue weighted by molar-refractivity contribution is -0.119. The maximum Gasteiger partial charge on any atom is 0.277 e. The fourth-order valence-corrected chi connectivity index (χ4v) is 3.41. The van der Waals surface area contributed by atoms with E-state index in [2.05, 4.69) is 10.5 Å². The van der Waals surface area contributed by atoms with E-state index in [9.17, 15) is 9.59 Å². The number of anilines is 2. The van der Waals surface area contributed by atoms with Crippen LogP contribution in [0.15, 0.2) is 59.1 Å². The van der Waals surface area contributed by atoms with Crippen LogP contribution in [0, 0.1) is 6.92 Å². The highest BCUT2D eigenvalue weighted by molar-refractivity contribution is 6.03. The Kier molecular flexibility index (Phi) is 4.93. The number of rotatable bonds is 4. The van der Waals surface area contributed by atoms with Crippen molar-refractivity contribution in [3.05, 3.63) is 65.9 Å².